The van der Waals surface area contributed by atoms with Crippen molar-refractivity contribution in [2.24, 2.45) is 11.3 Å². The summed E-state index contributed by atoms with van der Waals surface area (Å²) in [5.41, 5.74) is -0.371. The van der Waals surface area contributed by atoms with Crippen LogP contribution in [0.2, 0.25) is 0 Å². The van der Waals surface area contributed by atoms with Crippen molar-refractivity contribution in [1.82, 2.24) is 5.32 Å². The molecule has 0 heterocycles. The second kappa shape index (κ2) is 7.80. The van der Waals surface area contributed by atoms with Crippen LogP contribution in [0.15, 0.2) is 29.2 Å². The highest BCUT2D eigenvalue weighted by atomic mass is 32.2. The number of hydrogen-bond donors (Lipinski definition) is 2. The predicted octanol–water partition coefficient (Wildman–Crippen LogP) is 3.08. The monoisotopic (exact) mass is 313 g/mol. The Morgan fingerprint density at radius 2 is 1.90 bits per heavy atom. The van der Waals surface area contributed by atoms with Crippen LogP contribution in [0.4, 0.5) is 4.39 Å². The molecular formula is C16H24FNO2S. The minimum Gasteiger partial charge on any atom is -0.392 e. The zero-order chi connectivity index (χ0) is 16.0. The van der Waals surface area contributed by atoms with Crippen LogP contribution in [0.3, 0.4) is 0 Å². The maximum absolute atomic E-state index is 12.8. The number of halogens is 1. The molecule has 0 saturated heterocycles. The Kier molecular flexibility index (Phi) is 6.68. The molecule has 1 atom stereocenters. The summed E-state index contributed by atoms with van der Waals surface area (Å²) in [7, 11) is 0. The SMILES string of the molecule is CC(C)C(O)C(C)(C)CNC(=O)CSc1ccc(F)cc1. The van der Waals surface area contributed by atoms with Crippen LogP contribution in [0.25, 0.3) is 0 Å². The molecule has 0 aliphatic heterocycles. The fourth-order valence-electron chi connectivity index (χ4n) is 2.06. The molecule has 0 bridgehead atoms. The lowest BCUT2D eigenvalue weighted by molar-refractivity contribution is -0.119. The van der Waals surface area contributed by atoms with E-state index in [4.69, 9.17) is 0 Å². The molecule has 0 aliphatic rings. The third kappa shape index (κ3) is 6.06. The first kappa shape index (κ1) is 18.0. The van der Waals surface area contributed by atoms with Crippen LogP contribution in [0.5, 0.6) is 0 Å². The van der Waals surface area contributed by atoms with E-state index in [1.54, 1.807) is 12.1 Å². The van der Waals surface area contributed by atoms with E-state index >= 15 is 0 Å². The number of aliphatic hydroxyl groups is 1. The average molecular weight is 313 g/mol. The third-order valence-corrected chi connectivity index (χ3v) is 4.37. The highest BCUT2D eigenvalue weighted by molar-refractivity contribution is 8.00. The molecule has 1 rings (SSSR count). The standard InChI is InChI=1S/C16H24FNO2S/c1-11(2)15(20)16(3,4)10-18-14(19)9-21-13-7-5-12(17)6-8-13/h5-8,11,15,20H,9-10H2,1-4H3,(H,18,19). The lowest BCUT2D eigenvalue weighted by atomic mass is 9.81. The number of hydrogen-bond acceptors (Lipinski definition) is 3. The molecule has 0 radical (unpaired) electrons. The molecule has 3 nitrogen and oxygen atoms in total. The largest absolute Gasteiger partial charge is 0.392 e. The van der Waals surface area contributed by atoms with E-state index in [0.29, 0.717) is 6.54 Å². The Balaban J connectivity index is 2.39. The van der Waals surface area contributed by atoms with Gasteiger partial charge in [-0.2, -0.15) is 0 Å². The number of rotatable bonds is 7. The third-order valence-electron chi connectivity index (χ3n) is 3.36. The number of benzene rings is 1. The van der Waals surface area contributed by atoms with Crippen molar-refractivity contribution >= 4 is 17.7 Å². The number of thioether (sulfide) groups is 1. The van der Waals surface area contributed by atoms with Gasteiger partial charge in [-0.25, -0.2) is 4.39 Å². The Morgan fingerprint density at radius 3 is 2.43 bits per heavy atom. The first-order chi connectivity index (χ1) is 9.72. The summed E-state index contributed by atoms with van der Waals surface area (Å²) in [5, 5.41) is 13.0. The van der Waals surface area contributed by atoms with Gasteiger partial charge in [0.15, 0.2) is 0 Å². The Labute approximate surface area is 130 Å². The van der Waals surface area contributed by atoms with Crippen LogP contribution < -0.4 is 5.32 Å². The summed E-state index contributed by atoms with van der Waals surface area (Å²) in [4.78, 5) is 12.7. The van der Waals surface area contributed by atoms with Crippen molar-refractivity contribution in [3.8, 4) is 0 Å². The molecule has 1 aromatic carbocycles. The van der Waals surface area contributed by atoms with Crippen molar-refractivity contribution in [3.05, 3.63) is 30.1 Å². The van der Waals surface area contributed by atoms with Gasteiger partial charge in [-0.1, -0.05) is 27.7 Å². The smallest absolute Gasteiger partial charge is 0.230 e. The van der Waals surface area contributed by atoms with Crippen LogP contribution in [-0.2, 0) is 4.79 Å². The molecule has 1 amide bonds. The average Bonchev–Trinajstić information content (AvgIpc) is 2.43. The van der Waals surface area contributed by atoms with Gasteiger partial charge < -0.3 is 10.4 Å². The molecular weight excluding hydrogens is 289 g/mol. The van der Waals surface area contributed by atoms with Gasteiger partial charge in [-0.05, 0) is 30.2 Å². The highest BCUT2D eigenvalue weighted by Gasteiger charge is 2.30. The van der Waals surface area contributed by atoms with Gasteiger partial charge >= 0.3 is 0 Å². The quantitative estimate of drug-likeness (QED) is 0.761. The molecule has 118 valence electrons. The zero-order valence-corrected chi connectivity index (χ0v) is 13.8. The molecule has 5 heteroatoms. The molecule has 1 unspecified atom stereocenters. The van der Waals surface area contributed by atoms with E-state index in [1.807, 2.05) is 27.7 Å². The molecule has 0 aromatic heterocycles. The summed E-state index contributed by atoms with van der Waals surface area (Å²) in [6, 6.07) is 6.06. The van der Waals surface area contributed by atoms with Gasteiger partial charge in [0.1, 0.15) is 5.82 Å². The molecule has 0 fully saturated rings. The van der Waals surface area contributed by atoms with Crippen LogP contribution >= 0.6 is 11.8 Å². The first-order valence-corrected chi connectivity index (χ1v) is 8.04. The Hall–Kier alpha value is -1.07. The number of carbonyl (C=O) groups excluding carboxylic acids is 1. The summed E-state index contributed by atoms with van der Waals surface area (Å²) in [5.74, 6) is 0.0477. The van der Waals surface area contributed by atoms with E-state index in [2.05, 4.69) is 5.32 Å². The normalized spacial score (nSPS) is 13.3. The van der Waals surface area contributed by atoms with Gasteiger partial charge in [-0.15, -0.1) is 11.8 Å². The van der Waals surface area contributed by atoms with Crippen LogP contribution in [0, 0.1) is 17.2 Å². The maximum Gasteiger partial charge on any atom is 0.230 e. The van der Waals surface area contributed by atoms with E-state index in [0.717, 1.165) is 4.90 Å². The molecule has 0 aliphatic carbocycles. The van der Waals surface area contributed by atoms with Crippen molar-refractivity contribution in [2.75, 3.05) is 12.3 Å². The summed E-state index contributed by atoms with van der Waals surface area (Å²) in [6.45, 7) is 8.21. The van der Waals surface area contributed by atoms with E-state index in [1.165, 1.54) is 23.9 Å². The van der Waals surface area contributed by atoms with Crippen molar-refractivity contribution in [1.29, 1.82) is 0 Å². The first-order valence-electron chi connectivity index (χ1n) is 7.05. The van der Waals surface area contributed by atoms with E-state index < -0.39 is 6.10 Å². The topological polar surface area (TPSA) is 49.3 Å². The van der Waals surface area contributed by atoms with E-state index in [9.17, 15) is 14.3 Å². The fourth-order valence-corrected chi connectivity index (χ4v) is 2.79. The minimum atomic E-state index is -0.470. The van der Waals surface area contributed by atoms with Crippen molar-refractivity contribution in [3.63, 3.8) is 0 Å². The van der Waals surface area contributed by atoms with Gasteiger partial charge in [0.2, 0.25) is 5.91 Å². The Morgan fingerprint density at radius 1 is 1.33 bits per heavy atom. The second-order valence-electron chi connectivity index (χ2n) is 6.20. The molecule has 0 spiro atoms. The second-order valence-corrected chi connectivity index (χ2v) is 7.25. The summed E-state index contributed by atoms with van der Waals surface area (Å²) < 4.78 is 12.8. The maximum atomic E-state index is 12.8. The molecule has 1 aromatic rings. The lowest BCUT2D eigenvalue weighted by Gasteiger charge is -2.33. The van der Waals surface area contributed by atoms with Gasteiger partial charge in [0.25, 0.3) is 0 Å². The molecule has 21 heavy (non-hydrogen) atoms. The fraction of sp³-hybridized carbons (Fsp3) is 0.562. The van der Waals surface area contributed by atoms with Crippen molar-refractivity contribution in [2.45, 2.75) is 38.7 Å². The summed E-state index contributed by atoms with van der Waals surface area (Å²) in [6.07, 6.45) is -0.470. The Bertz CT molecular complexity index is 460. The lowest BCUT2D eigenvalue weighted by Crippen LogP contribution is -2.44. The molecule has 0 saturated carbocycles. The van der Waals surface area contributed by atoms with Crippen molar-refractivity contribution < 1.29 is 14.3 Å². The van der Waals surface area contributed by atoms with E-state index in [-0.39, 0.29) is 28.8 Å². The summed E-state index contributed by atoms with van der Waals surface area (Å²) >= 11 is 1.36. The minimum absolute atomic E-state index is 0.0895. The van der Waals surface area contributed by atoms with Gasteiger partial charge in [0.05, 0.1) is 11.9 Å². The number of amides is 1. The van der Waals surface area contributed by atoms with Crippen LogP contribution in [-0.4, -0.2) is 29.4 Å². The number of nitrogens with one attached hydrogen (secondary N) is 1. The highest BCUT2D eigenvalue weighted by Crippen LogP contribution is 2.25. The molecule has 2 N–H and O–H groups in total. The van der Waals surface area contributed by atoms with Gasteiger partial charge in [-0.3, -0.25) is 4.79 Å². The number of aliphatic hydroxyl groups excluding tert-OH is 1. The van der Waals surface area contributed by atoms with Gasteiger partial charge in [0, 0.05) is 16.9 Å². The predicted molar refractivity (Wildman–Crippen MR) is 84.8 cm³/mol. The van der Waals surface area contributed by atoms with Crippen LogP contribution in [0.1, 0.15) is 27.7 Å². The zero-order valence-electron chi connectivity index (χ0n) is 13.0. The number of carbonyl (C=O) groups is 1.